The number of halogens is 1. The molecule has 1 aromatic carbocycles. The van der Waals surface area contributed by atoms with Crippen LogP contribution in [0.15, 0.2) is 24.5 Å². The van der Waals surface area contributed by atoms with Crippen molar-refractivity contribution in [1.29, 1.82) is 0 Å². The lowest BCUT2D eigenvalue weighted by Gasteiger charge is -2.14. The van der Waals surface area contributed by atoms with Gasteiger partial charge in [-0.25, -0.2) is 0 Å². The summed E-state index contributed by atoms with van der Waals surface area (Å²) in [5.74, 6) is 1.21. The maximum absolute atomic E-state index is 6.01. The Balaban J connectivity index is 2.19. The molecule has 2 N–H and O–H groups in total. The molecule has 2 aromatic rings. The minimum atomic E-state index is 0.334. The molecular weight excluding hydrogens is 278 g/mol. The molecule has 1 aromatic heterocycles. The molecule has 1 heterocycles. The number of nitrogens with two attached hydrogens (primary N) is 1. The highest BCUT2D eigenvalue weighted by Crippen LogP contribution is 2.35. The number of aryl methyl sites for hydroxylation is 1. The molecule has 0 spiro atoms. The Kier molecular flexibility index (Phi) is 4.87. The van der Waals surface area contributed by atoms with Crippen LogP contribution in [0, 0.1) is 0 Å². The predicted molar refractivity (Wildman–Crippen MR) is 78.1 cm³/mol. The summed E-state index contributed by atoms with van der Waals surface area (Å²) in [6.07, 6.45) is 3.73. The Bertz CT molecular complexity index is 559. The van der Waals surface area contributed by atoms with Crippen LogP contribution >= 0.6 is 11.6 Å². The summed E-state index contributed by atoms with van der Waals surface area (Å²) in [5, 5.41) is 4.78. The van der Waals surface area contributed by atoms with Gasteiger partial charge in [0.1, 0.15) is 6.61 Å². The van der Waals surface area contributed by atoms with Crippen molar-refractivity contribution in [2.45, 2.75) is 26.6 Å². The summed E-state index contributed by atoms with van der Waals surface area (Å²) in [6, 6.07) is 3.50. The molecule has 0 atom stereocenters. The summed E-state index contributed by atoms with van der Waals surface area (Å²) >= 11 is 6.01. The minimum absolute atomic E-state index is 0.334. The zero-order valence-electron chi connectivity index (χ0n) is 11.6. The second-order valence-electron chi connectivity index (χ2n) is 4.29. The fraction of sp³-hybridized carbons (Fsp3) is 0.357. The van der Waals surface area contributed by atoms with Gasteiger partial charge >= 0.3 is 0 Å². The Morgan fingerprint density at radius 2 is 2.20 bits per heavy atom. The van der Waals surface area contributed by atoms with Crippen molar-refractivity contribution in [1.82, 2.24) is 9.78 Å². The van der Waals surface area contributed by atoms with Crippen molar-refractivity contribution in [3.63, 3.8) is 0 Å². The summed E-state index contributed by atoms with van der Waals surface area (Å²) in [4.78, 5) is 0. The first-order valence-corrected chi connectivity index (χ1v) is 6.76. The van der Waals surface area contributed by atoms with Gasteiger partial charge in [0.25, 0.3) is 0 Å². The van der Waals surface area contributed by atoms with E-state index in [1.54, 1.807) is 25.4 Å². The zero-order chi connectivity index (χ0) is 14.5. The van der Waals surface area contributed by atoms with Gasteiger partial charge < -0.3 is 15.2 Å². The summed E-state index contributed by atoms with van der Waals surface area (Å²) in [5.41, 5.74) is 7.54. The van der Waals surface area contributed by atoms with E-state index < -0.39 is 0 Å². The lowest BCUT2D eigenvalue weighted by molar-refractivity contribution is 0.281. The maximum Gasteiger partial charge on any atom is 0.166 e. The van der Waals surface area contributed by atoms with Gasteiger partial charge in [0.15, 0.2) is 11.5 Å². The van der Waals surface area contributed by atoms with E-state index >= 15 is 0 Å². The van der Waals surface area contributed by atoms with Crippen molar-refractivity contribution in [3.05, 3.63) is 40.7 Å². The van der Waals surface area contributed by atoms with E-state index in [2.05, 4.69) is 5.10 Å². The molecule has 20 heavy (non-hydrogen) atoms. The van der Waals surface area contributed by atoms with Crippen LogP contribution in [-0.2, 0) is 19.7 Å². The standard InChI is InChI=1S/C14H18ClN3O2/c1-3-18-8-10(7-17-18)9-20-14-11(6-16)4-12(15)5-13(14)19-2/h4-5,7-8H,3,6,9,16H2,1-2H3. The number of ether oxygens (including phenoxy) is 2. The molecule has 0 aliphatic carbocycles. The van der Waals surface area contributed by atoms with E-state index in [-0.39, 0.29) is 0 Å². The summed E-state index contributed by atoms with van der Waals surface area (Å²) < 4.78 is 13.0. The van der Waals surface area contributed by atoms with Crippen molar-refractivity contribution in [2.75, 3.05) is 7.11 Å². The molecule has 6 heteroatoms. The molecule has 0 amide bonds. The Hall–Kier alpha value is -1.72. The average Bonchev–Trinajstić information content (AvgIpc) is 2.92. The fourth-order valence-electron chi connectivity index (χ4n) is 1.90. The fourth-order valence-corrected chi connectivity index (χ4v) is 2.13. The molecule has 0 unspecified atom stereocenters. The lowest BCUT2D eigenvalue weighted by atomic mass is 10.2. The van der Waals surface area contributed by atoms with Gasteiger partial charge in [-0.2, -0.15) is 5.10 Å². The first-order valence-electron chi connectivity index (χ1n) is 6.38. The Labute approximate surface area is 123 Å². The van der Waals surface area contributed by atoms with Crippen LogP contribution in [0.3, 0.4) is 0 Å². The number of nitrogens with zero attached hydrogens (tertiary/aromatic N) is 2. The van der Waals surface area contributed by atoms with Crippen molar-refractivity contribution >= 4 is 11.6 Å². The molecule has 2 rings (SSSR count). The number of rotatable bonds is 6. The van der Waals surface area contributed by atoms with Crippen LogP contribution in [0.25, 0.3) is 0 Å². The Morgan fingerprint density at radius 3 is 2.80 bits per heavy atom. The third-order valence-electron chi connectivity index (χ3n) is 2.93. The van der Waals surface area contributed by atoms with Gasteiger partial charge in [0, 0.05) is 41.5 Å². The van der Waals surface area contributed by atoms with E-state index in [9.17, 15) is 0 Å². The van der Waals surface area contributed by atoms with Gasteiger partial charge in [-0.15, -0.1) is 0 Å². The van der Waals surface area contributed by atoms with E-state index in [0.717, 1.165) is 17.7 Å². The highest BCUT2D eigenvalue weighted by Gasteiger charge is 2.12. The number of methoxy groups -OCH3 is 1. The minimum Gasteiger partial charge on any atom is -0.493 e. The second-order valence-corrected chi connectivity index (χ2v) is 4.73. The van der Waals surface area contributed by atoms with E-state index in [1.807, 2.05) is 17.8 Å². The molecule has 0 aliphatic rings. The second kappa shape index (κ2) is 6.63. The normalized spacial score (nSPS) is 10.6. The molecule has 108 valence electrons. The van der Waals surface area contributed by atoms with Gasteiger partial charge in [0.2, 0.25) is 0 Å². The van der Waals surface area contributed by atoms with Gasteiger partial charge in [0.05, 0.1) is 13.3 Å². The molecule has 0 fully saturated rings. The molecule has 0 saturated carbocycles. The molecule has 0 bridgehead atoms. The maximum atomic E-state index is 6.01. The summed E-state index contributed by atoms with van der Waals surface area (Å²) in [7, 11) is 1.58. The van der Waals surface area contributed by atoms with Crippen LogP contribution in [-0.4, -0.2) is 16.9 Å². The topological polar surface area (TPSA) is 62.3 Å². The van der Waals surface area contributed by atoms with Crippen LogP contribution in [0.5, 0.6) is 11.5 Å². The number of benzene rings is 1. The van der Waals surface area contributed by atoms with Gasteiger partial charge in [-0.3, -0.25) is 4.68 Å². The molecule has 0 saturated heterocycles. The van der Waals surface area contributed by atoms with Crippen molar-refractivity contribution < 1.29 is 9.47 Å². The van der Waals surface area contributed by atoms with E-state index in [0.29, 0.717) is 29.7 Å². The average molecular weight is 296 g/mol. The smallest absolute Gasteiger partial charge is 0.166 e. The van der Waals surface area contributed by atoms with Crippen molar-refractivity contribution in [3.8, 4) is 11.5 Å². The zero-order valence-corrected chi connectivity index (χ0v) is 12.4. The van der Waals surface area contributed by atoms with Crippen LogP contribution < -0.4 is 15.2 Å². The van der Waals surface area contributed by atoms with Gasteiger partial charge in [-0.1, -0.05) is 11.6 Å². The van der Waals surface area contributed by atoms with Crippen LogP contribution in [0.1, 0.15) is 18.1 Å². The first-order chi connectivity index (χ1) is 9.67. The third-order valence-corrected chi connectivity index (χ3v) is 3.15. The number of hydrogen-bond acceptors (Lipinski definition) is 4. The van der Waals surface area contributed by atoms with Crippen LogP contribution in [0.4, 0.5) is 0 Å². The highest BCUT2D eigenvalue weighted by atomic mass is 35.5. The summed E-state index contributed by atoms with van der Waals surface area (Å²) in [6.45, 7) is 3.61. The highest BCUT2D eigenvalue weighted by molar-refractivity contribution is 6.30. The molecule has 0 aliphatic heterocycles. The Morgan fingerprint density at radius 1 is 1.40 bits per heavy atom. The predicted octanol–water partition coefficient (Wildman–Crippen LogP) is 2.60. The van der Waals surface area contributed by atoms with Crippen molar-refractivity contribution in [2.24, 2.45) is 5.73 Å². The van der Waals surface area contributed by atoms with E-state index in [4.69, 9.17) is 26.8 Å². The lowest BCUT2D eigenvalue weighted by Crippen LogP contribution is -2.04. The monoisotopic (exact) mass is 295 g/mol. The van der Waals surface area contributed by atoms with Gasteiger partial charge in [-0.05, 0) is 13.0 Å². The largest absolute Gasteiger partial charge is 0.493 e. The first kappa shape index (κ1) is 14.7. The number of aromatic nitrogens is 2. The van der Waals surface area contributed by atoms with E-state index in [1.165, 1.54) is 0 Å². The third kappa shape index (κ3) is 3.23. The molecule has 5 nitrogen and oxygen atoms in total. The SMILES string of the molecule is CCn1cc(COc2c(CN)cc(Cl)cc2OC)cn1. The number of hydrogen-bond donors (Lipinski definition) is 1. The molecular formula is C14H18ClN3O2. The van der Waals surface area contributed by atoms with Crippen LogP contribution in [0.2, 0.25) is 5.02 Å². The molecule has 0 radical (unpaired) electrons. The quantitative estimate of drug-likeness (QED) is 0.890.